The van der Waals surface area contributed by atoms with Crippen LogP contribution in [-0.2, 0) is 4.74 Å². The molecule has 0 aromatic carbocycles. The highest BCUT2D eigenvalue weighted by Gasteiger charge is 2.32. The zero-order chi connectivity index (χ0) is 13.0. The molecule has 1 N–H and O–H groups in total. The van der Waals surface area contributed by atoms with Gasteiger partial charge in [-0.1, -0.05) is 13.8 Å². The van der Waals surface area contributed by atoms with Crippen molar-refractivity contribution in [2.45, 2.75) is 26.4 Å². The summed E-state index contributed by atoms with van der Waals surface area (Å²) in [5, 5.41) is 3.27. The molecule has 4 nitrogen and oxygen atoms in total. The van der Waals surface area contributed by atoms with Gasteiger partial charge in [0, 0.05) is 52.4 Å². The molecule has 2 rings (SSSR count). The van der Waals surface area contributed by atoms with E-state index in [9.17, 15) is 0 Å². The van der Waals surface area contributed by atoms with E-state index in [1.165, 1.54) is 32.7 Å². The summed E-state index contributed by atoms with van der Waals surface area (Å²) in [6.07, 6.45) is 0. The number of piperazine rings is 1. The lowest BCUT2D eigenvalue weighted by Crippen LogP contribution is -2.59. The molecule has 2 heterocycles. The van der Waals surface area contributed by atoms with Crippen LogP contribution in [0, 0.1) is 5.92 Å². The molecule has 0 spiro atoms. The van der Waals surface area contributed by atoms with Crippen molar-refractivity contribution in [2.24, 2.45) is 5.92 Å². The van der Waals surface area contributed by atoms with Gasteiger partial charge in [-0.25, -0.2) is 0 Å². The lowest BCUT2D eigenvalue weighted by molar-refractivity contribution is -0.0741. The predicted octanol–water partition coefficient (Wildman–Crippen LogP) is 0.639. The first-order valence-corrected chi connectivity index (χ1v) is 7.37. The van der Waals surface area contributed by atoms with Crippen LogP contribution in [0.25, 0.3) is 0 Å². The fourth-order valence-electron chi connectivity index (χ4n) is 2.71. The molecule has 2 aliphatic rings. The Morgan fingerprint density at radius 2 is 1.72 bits per heavy atom. The first-order valence-electron chi connectivity index (χ1n) is 7.37. The number of rotatable bonds is 6. The van der Waals surface area contributed by atoms with E-state index in [0.717, 1.165) is 32.2 Å². The van der Waals surface area contributed by atoms with E-state index in [0.29, 0.717) is 0 Å². The summed E-state index contributed by atoms with van der Waals surface area (Å²) in [4.78, 5) is 5.12. The van der Waals surface area contributed by atoms with Gasteiger partial charge in [-0.2, -0.15) is 0 Å². The van der Waals surface area contributed by atoms with Gasteiger partial charge in [-0.3, -0.25) is 4.90 Å². The van der Waals surface area contributed by atoms with Crippen LogP contribution < -0.4 is 5.32 Å². The second-order valence-electron chi connectivity index (χ2n) is 6.44. The summed E-state index contributed by atoms with van der Waals surface area (Å²) < 4.78 is 5.94. The maximum absolute atomic E-state index is 5.94. The van der Waals surface area contributed by atoms with Gasteiger partial charge < -0.3 is 15.0 Å². The Kier molecular flexibility index (Phi) is 5.01. The Labute approximate surface area is 112 Å². The summed E-state index contributed by atoms with van der Waals surface area (Å²) >= 11 is 0. The fourth-order valence-corrected chi connectivity index (χ4v) is 2.71. The van der Waals surface area contributed by atoms with E-state index < -0.39 is 0 Å². The third-order valence-corrected chi connectivity index (χ3v) is 3.94. The molecule has 106 valence electrons. The maximum Gasteiger partial charge on any atom is 0.0902 e. The van der Waals surface area contributed by atoms with Crippen molar-refractivity contribution < 1.29 is 4.74 Å². The molecule has 2 saturated heterocycles. The monoisotopic (exact) mass is 255 g/mol. The molecule has 0 aromatic heterocycles. The molecule has 2 fully saturated rings. The average molecular weight is 255 g/mol. The highest BCUT2D eigenvalue weighted by molar-refractivity contribution is 4.90. The lowest BCUT2D eigenvalue weighted by Gasteiger charge is -2.40. The normalized spacial score (nSPS) is 25.3. The number of hydrogen-bond acceptors (Lipinski definition) is 4. The maximum atomic E-state index is 5.94. The molecule has 0 radical (unpaired) electrons. The minimum absolute atomic E-state index is 0.111. The molecule has 0 saturated carbocycles. The van der Waals surface area contributed by atoms with E-state index in [1.807, 2.05) is 0 Å². The molecular weight excluding hydrogens is 226 g/mol. The molecule has 0 aliphatic carbocycles. The minimum atomic E-state index is 0.111. The Bertz CT molecular complexity index is 245. The predicted molar refractivity (Wildman–Crippen MR) is 74.9 cm³/mol. The number of nitrogens with one attached hydrogen (secondary N) is 1. The fraction of sp³-hybridized carbons (Fsp3) is 1.00. The quantitative estimate of drug-likeness (QED) is 0.754. The van der Waals surface area contributed by atoms with Crippen LogP contribution >= 0.6 is 0 Å². The molecule has 0 unspecified atom stereocenters. The van der Waals surface area contributed by atoms with E-state index in [4.69, 9.17) is 4.74 Å². The van der Waals surface area contributed by atoms with Gasteiger partial charge >= 0.3 is 0 Å². The van der Waals surface area contributed by atoms with Gasteiger partial charge in [0.05, 0.1) is 12.2 Å². The molecule has 4 heteroatoms. The molecule has 0 aromatic rings. The first kappa shape index (κ1) is 14.3. The van der Waals surface area contributed by atoms with E-state index in [2.05, 4.69) is 35.9 Å². The lowest BCUT2D eigenvalue weighted by atomic mass is 10.0. The van der Waals surface area contributed by atoms with Crippen molar-refractivity contribution in [3.63, 3.8) is 0 Å². The van der Waals surface area contributed by atoms with Crippen molar-refractivity contribution in [1.82, 2.24) is 15.1 Å². The van der Waals surface area contributed by atoms with Gasteiger partial charge in [-0.15, -0.1) is 0 Å². The zero-order valence-corrected chi connectivity index (χ0v) is 12.2. The Morgan fingerprint density at radius 1 is 1.11 bits per heavy atom. The van der Waals surface area contributed by atoms with Crippen molar-refractivity contribution >= 4 is 0 Å². The molecule has 0 atom stereocenters. The van der Waals surface area contributed by atoms with Crippen LogP contribution in [0.2, 0.25) is 0 Å². The highest BCUT2D eigenvalue weighted by atomic mass is 16.5. The van der Waals surface area contributed by atoms with Gasteiger partial charge in [-0.05, 0) is 12.8 Å². The van der Waals surface area contributed by atoms with Crippen molar-refractivity contribution in [1.29, 1.82) is 0 Å². The van der Waals surface area contributed by atoms with Crippen LogP contribution in [-0.4, -0.2) is 74.4 Å². The van der Waals surface area contributed by atoms with E-state index in [-0.39, 0.29) is 5.60 Å². The largest absolute Gasteiger partial charge is 0.371 e. The van der Waals surface area contributed by atoms with Crippen LogP contribution in [0.15, 0.2) is 0 Å². The van der Waals surface area contributed by atoms with Crippen LogP contribution in [0.1, 0.15) is 20.8 Å². The number of hydrogen-bond donors (Lipinski definition) is 1. The summed E-state index contributed by atoms with van der Waals surface area (Å²) in [7, 11) is 0. The standard InChI is InChI=1S/C14H29N3O/c1-13(2)10-17-6-4-16(5-7-17)8-9-18-14(3)11-15-12-14/h13,15H,4-12H2,1-3H3. The summed E-state index contributed by atoms with van der Waals surface area (Å²) in [5.41, 5.74) is 0.111. The van der Waals surface area contributed by atoms with Crippen molar-refractivity contribution in [2.75, 3.05) is 59.0 Å². The Balaban J connectivity index is 1.56. The van der Waals surface area contributed by atoms with Gasteiger partial charge in [0.15, 0.2) is 0 Å². The zero-order valence-electron chi connectivity index (χ0n) is 12.2. The Hall–Kier alpha value is -0.160. The minimum Gasteiger partial charge on any atom is -0.371 e. The molecule has 0 bridgehead atoms. The van der Waals surface area contributed by atoms with Crippen molar-refractivity contribution in [3.05, 3.63) is 0 Å². The smallest absolute Gasteiger partial charge is 0.0902 e. The topological polar surface area (TPSA) is 27.7 Å². The summed E-state index contributed by atoms with van der Waals surface area (Å²) in [5.74, 6) is 0.783. The Morgan fingerprint density at radius 3 is 2.22 bits per heavy atom. The second kappa shape index (κ2) is 6.33. The highest BCUT2D eigenvalue weighted by Crippen LogP contribution is 2.15. The molecule has 18 heavy (non-hydrogen) atoms. The number of ether oxygens (including phenoxy) is 1. The van der Waals surface area contributed by atoms with E-state index >= 15 is 0 Å². The summed E-state index contributed by atoms with van der Waals surface area (Å²) in [6, 6.07) is 0. The SMILES string of the molecule is CC(C)CN1CCN(CCOC2(C)CNC2)CC1. The molecular formula is C14H29N3O. The summed E-state index contributed by atoms with van der Waals surface area (Å²) in [6.45, 7) is 16.9. The van der Waals surface area contributed by atoms with Crippen LogP contribution in [0.5, 0.6) is 0 Å². The first-order chi connectivity index (χ1) is 8.57. The average Bonchev–Trinajstić information content (AvgIpc) is 2.28. The second-order valence-corrected chi connectivity index (χ2v) is 6.44. The number of nitrogens with zero attached hydrogens (tertiary/aromatic N) is 2. The van der Waals surface area contributed by atoms with Gasteiger partial charge in [0.1, 0.15) is 0 Å². The van der Waals surface area contributed by atoms with Gasteiger partial charge in [0.25, 0.3) is 0 Å². The molecule has 0 amide bonds. The van der Waals surface area contributed by atoms with Crippen molar-refractivity contribution in [3.8, 4) is 0 Å². The van der Waals surface area contributed by atoms with Crippen LogP contribution in [0.3, 0.4) is 0 Å². The van der Waals surface area contributed by atoms with Crippen LogP contribution in [0.4, 0.5) is 0 Å². The van der Waals surface area contributed by atoms with Gasteiger partial charge in [0.2, 0.25) is 0 Å². The van der Waals surface area contributed by atoms with E-state index in [1.54, 1.807) is 0 Å². The third kappa shape index (κ3) is 4.19. The molecule has 2 aliphatic heterocycles. The third-order valence-electron chi connectivity index (χ3n) is 3.94.